The summed E-state index contributed by atoms with van der Waals surface area (Å²) >= 11 is 5.59. The van der Waals surface area contributed by atoms with Crippen LogP contribution in [-0.4, -0.2) is 27.5 Å². The highest BCUT2D eigenvalue weighted by atomic mass is 35.5. The van der Waals surface area contributed by atoms with Crippen molar-refractivity contribution >= 4 is 27.6 Å². The molecule has 0 saturated carbocycles. The van der Waals surface area contributed by atoms with Gasteiger partial charge in [0, 0.05) is 5.02 Å². The monoisotopic (exact) mass is 337 g/mol. The Morgan fingerprint density at radius 3 is 2.57 bits per heavy atom. The van der Waals surface area contributed by atoms with Crippen molar-refractivity contribution in [2.24, 2.45) is 5.92 Å². The molecule has 0 radical (unpaired) electrons. The number of nitrogens with one attached hydrogen (secondary N) is 1. The third kappa shape index (κ3) is 4.39. The molecule has 0 unspecified atom stereocenters. The van der Waals surface area contributed by atoms with Gasteiger partial charge < -0.3 is 4.74 Å². The molecule has 2 atom stereocenters. The van der Waals surface area contributed by atoms with Crippen molar-refractivity contribution in [2.45, 2.75) is 31.2 Å². The van der Waals surface area contributed by atoms with Crippen LogP contribution in [0.25, 0.3) is 0 Å². The van der Waals surface area contributed by atoms with Crippen LogP contribution < -0.4 is 4.72 Å². The number of esters is 1. The maximum Gasteiger partial charge on any atom is 0.324 e. The Balaban J connectivity index is 3.14. The third-order valence-corrected chi connectivity index (χ3v) is 4.84. The highest BCUT2D eigenvalue weighted by Gasteiger charge is 2.31. The minimum atomic E-state index is -4.20. The van der Waals surface area contributed by atoms with Crippen molar-refractivity contribution in [3.05, 3.63) is 29.0 Å². The topological polar surface area (TPSA) is 72.5 Å². The average molecular weight is 338 g/mol. The summed E-state index contributed by atoms with van der Waals surface area (Å²) in [6, 6.07) is 2.12. The van der Waals surface area contributed by atoms with Crippen LogP contribution in [0, 0.1) is 11.7 Å². The average Bonchev–Trinajstić information content (AvgIpc) is 2.42. The van der Waals surface area contributed by atoms with Crippen LogP contribution in [0.15, 0.2) is 23.1 Å². The Labute approximate surface area is 128 Å². The summed E-state index contributed by atoms with van der Waals surface area (Å²) in [5.41, 5.74) is 0. The maximum absolute atomic E-state index is 13.7. The van der Waals surface area contributed by atoms with Gasteiger partial charge in [0.2, 0.25) is 10.0 Å². The summed E-state index contributed by atoms with van der Waals surface area (Å²) in [6.45, 7) is 3.50. The summed E-state index contributed by atoms with van der Waals surface area (Å²) in [5.74, 6) is -2.01. The first-order chi connectivity index (χ1) is 9.72. The molecule has 0 spiro atoms. The molecule has 0 heterocycles. The summed E-state index contributed by atoms with van der Waals surface area (Å²) in [4.78, 5) is 11.1. The van der Waals surface area contributed by atoms with Crippen LogP contribution in [0.3, 0.4) is 0 Å². The quantitative estimate of drug-likeness (QED) is 0.809. The van der Waals surface area contributed by atoms with Crippen molar-refractivity contribution in [3.63, 3.8) is 0 Å². The van der Waals surface area contributed by atoms with E-state index in [9.17, 15) is 17.6 Å². The van der Waals surface area contributed by atoms with E-state index in [1.165, 1.54) is 6.07 Å². The fourth-order valence-corrected chi connectivity index (χ4v) is 3.19. The van der Waals surface area contributed by atoms with Gasteiger partial charge in [-0.15, -0.1) is 0 Å². The number of carbonyl (C=O) groups is 1. The van der Waals surface area contributed by atoms with E-state index in [-0.39, 0.29) is 10.9 Å². The Morgan fingerprint density at radius 1 is 1.48 bits per heavy atom. The van der Waals surface area contributed by atoms with Crippen LogP contribution >= 0.6 is 11.6 Å². The Morgan fingerprint density at radius 2 is 2.10 bits per heavy atom. The standard InChI is InChI=1S/C13H17ClFNO4S/c1-4-8(2)12(13(17)20-3)16-21(18,19)11-6-5-9(14)7-10(11)15/h5-8,12,16H,4H2,1-3H3/t8-,12+/m1/s1. The number of hydrogen-bond donors (Lipinski definition) is 1. The van der Waals surface area contributed by atoms with Gasteiger partial charge in [-0.05, 0) is 24.1 Å². The molecule has 0 saturated heterocycles. The van der Waals surface area contributed by atoms with Gasteiger partial charge in [-0.2, -0.15) is 4.72 Å². The molecule has 0 amide bonds. The van der Waals surface area contributed by atoms with Crippen molar-refractivity contribution in [2.75, 3.05) is 7.11 Å². The van der Waals surface area contributed by atoms with Crippen LogP contribution in [0.5, 0.6) is 0 Å². The smallest absolute Gasteiger partial charge is 0.324 e. The second-order valence-electron chi connectivity index (χ2n) is 4.58. The first-order valence-corrected chi connectivity index (χ1v) is 8.14. The lowest BCUT2D eigenvalue weighted by Crippen LogP contribution is -2.45. The molecule has 1 aromatic carbocycles. The zero-order valence-electron chi connectivity index (χ0n) is 11.9. The number of sulfonamides is 1. The number of methoxy groups -OCH3 is 1. The normalized spacial score (nSPS) is 14.5. The molecule has 5 nitrogen and oxygen atoms in total. The molecule has 1 N–H and O–H groups in total. The van der Waals surface area contributed by atoms with Crippen molar-refractivity contribution < 1.29 is 22.3 Å². The minimum Gasteiger partial charge on any atom is -0.468 e. The predicted octanol–water partition coefficient (Wildman–Crippen LogP) is 2.35. The molecule has 118 valence electrons. The van der Waals surface area contributed by atoms with E-state index in [0.717, 1.165) is 19.2 Å². The number of rotatable bonds is 6. The van der Waals surface area contributed by atoms with Gasteiger partial charge >= 0.3 is 5.97 Å². The van der Waals surface area contributed by atoms with E-state index in [1.54, 1.807) is 13.8 Å². The maximum atomic E-state index is 13.7. The van der Waals surface area contributed by atoms with Crippen molar-refractivity contribution in [1.29, 1.82) is 0 Å². The number of hydrogen-bond acceptors (Lipinski definition) is 4. The number of benzene rings is 1. The fourth-order valence-electron chi connectivity index (χ4n) is 1.68. The van der Waals surface area contributed by atoms with Gasteiger partial charge in [-0.3, -0.25) is 4.79 Å². The summed E-state index contributed by atoms with van der Waals surface area (Å²) in [5, 5.41) is 0.0814. The van der Waals surface area contributed by atoms with Crippen molar-refractivity contribution in [3.8, 4) is 0 Å². The lowest BCUT2D eigenvalue weighted by atomic mass is 10.0. The molecule has 0 aliphatic carbocycles. The van der Waals surface area contributed by atoms with E-state index < -0.39 is 32.7 Å². The second-order valence-corrected chi connectivity index (χ2v) is 6.70. The second kappa shape index (κ2) is 7.20. The van der Waals surface area contributed by atoms with E-state index >= 15 is 0 Å². The van der Waals surface area contributed by atoms with Gasteiger partial charge in [-0.25, -0.2) is 12.8 Å². The molecular weight excluding hydrogens is 321 g/mol. The molecular formula is C13H17ClFNO4S. The van der Waals surface area contributed by atoms with Crippen LogP contribution in [0.2, 0.25) is 5.02 Å². The number of ether oxygens (including phenoxy) is 1. The van der Waals surface area contributed by atoms with E-state index in [1.807, 2.05) is 0 Å². The number of carbonyl (C=O) groups excluding carboxylic acids is 1. The molecule has 21 heavy (non-hydrogen) atoms. The SMILES string of the molecule is CC[C@@H](C)[C@H](NS(=O)(=O)c1ccc(Cl)cc1F)C(=O)OC. The van der Waals surface area contributed by atoms with Gasteiger partial charge in [0.15, 0.2) is 0 Å². The highest BCUT2D eigenvalue weighted by molar-refractivity contribution is 7.89. The number of halogens is 2. The molecule has 0 aromatic heterocycles. The van der Waals surface area contributed by atoms with Crippen LogP contribution in [0.4, 0.5) is 4.39 Å². The molecule has 1 aromatic rings. The zero-order chi connectivity index (χ0) is 16.2. The van der Waals surface area contributed by atoms with E-state index in [2.05, 4.69) is 9.46 Å². The predicted molar refractivity (Wildman–Crippen MR) is 77.0 cm³/mol. The first kappa shape index (κ1) is 17.9. The molecule has 0 bridgehead atoms. The van der Waals surface area contributed by atoms with E-state index in [0.29, 0.717) is 6.42 Å². The Hall–Kier alpha value is -1.18. The fraction of sp³-hybridized carbons (Fsp3) is 0.462. The highest BCUT2D eigenvalue weighted by Crippen LogP contribution is 2.20. The molecule has 1 rings (SSSR count). The van der Waals surface area contributed by atoms with Gasteiger partial charge in [0.1, 0.15) is 16.8 Å². The van der Waals surface area contributed by atoms with Crippen molar-refractivity contribution in [1.82, 2.24) is 4.72 Å². The van der Waals surface area contributed by atoms with Crippen LogP contribution in [-0.2, 0) is 19.6 Å². The summed E-state index contributed by atoms with van der Waals surface area (Å²) in [7, 11) is -3.04. The van der Waals surface area contributed by atoms with Gasteiger partial charge in [0.05, 0.1) is 7.11 Å². The minimum absolute atomic E-state index is 0.0814. The largest absolute Gasteiger partial charge is 0.468 e. The van der Waals surface area contributed by atoms with E-state index in [4.69, 9.17) is 11.6 Å². The zero-order valence-corrected chi connectivity index (χ0v) is 13.5. The third-order valence-electron chi connectivity index (χ3n) is 3.13. The lowest BCUT2D eigenvalue weighted by Gasteiger charge is -2.21. The summed E-state index contributed by atoms with van der Waals surface area (Å²) < 4.78 is 44.9. The van der Waals surface area contributed by atoms with Gasteiger partial charge in [0.25, 0.3) is 0 Å². The first-order valence-electron chi connectivity index (χ1n) is 6.28. The molecule has 0 aliphatic rings. The Bertz CT molecular complexity index is 621. The molecule has 0 aliphatic heterocycles. The Kier molecular flexibility index (Phi) is 6.12. The van der Waals surface area contributed by atoms with Gasteiger partial charge in [-0.1, -0.05) is 31.9 Å². The summed E-state index contributed by atoms with van der Waals surface area (Å²) in [6.07, 6.45) is 0.547. The molecule has 0 fully saturated rings. The van der Waals surface area contributed by atoms with Crippen LogP contribution in [0.1, 0.15) is 20.3 Å². The lowest BCUT2D eigenvalue weighted by molar-refractivity contribution is -0.143. The molecule has 8 heteroatoms.